The van der Waals surface area contributed by atoms with E-state index < -0.39 is 5.97 Å². The summed E-state index contributed by atoms with van der Waals surface area (Å²) in [7, 11) is 1.68. The average molecular weight is 284 g/mol. The molecule has 2 aliphatic rings. The molecule has 0 bridgehead atoms. The lowest BCUT2D eigenvalue weighted by atomic mass is 9.99. The van der Waals surface area contributed by atoms with E-state index in [4.69, 9.17) is 9.84 Å². The van der Waals surface area contributed by atoms with Crippen molar-refractivity contribution in [2.24, 2.45) is 5.92 Å². The SMILES string of the molecule is COCC1CCCN(C(=O)N(CCC(=O)O)C2CC2)C1. The van der Waals surface area contributed by atoms with E-state index in [-0.39, 0.29) is 18.5 Å². The minimum absolute atomic E-state index is 0.00885. The summed E-state index contributed by atoms with van der Waals surface area (Å²) < 4.78 is 5.18. The molecule has 1 aliphatic carbocycles. The van der Waals surface area contributed by atoms with Crippen LogP contribution in [0.25, 0.3) is 0 Å². The maximum absolute atomic E-state index is 12.6. The molecule has 1 unspecified atom stereocenters. The molecule has 1 saturated heterocycles. The van der Waals surface area contributed by atoms with Crippen LogP contribution in [0.4, 0.5) is 4.79 Å². The van der Waals surface area contributed by atoms with Crippen LogP contribution in [-0.2, 0) is 9.53 Å². The topological polar surface area (TPSA) is 70.1 Å². The second kappa shape index (κ2) is 6.92. The number of aliphatic carboxylic acids is 1. The monoisotopic (exact) mass is 284 g/mol. The van der Waals surface area contributed by atoms with Gasteiger partial charge in [-0.1, -0.05) is 0 Å². The van der Waals surface area contributed by atoms with Crippen LogP contribution in [-0.4, -0.2) is 66.3 Å². The van der Waals surface area contributed by atoms with Gasteiger partial charge in [0.2, 0.25) is 0 Å². The van der Waals surface area contributed by atoms with E-state index in [1.54, 1.807) is 12.0 Å². The molecule has 2 amide bonds. The van der Waals surface area contributed by atoms with Gasteiger partial charge in [-0.3, -0.25) is 4.79 Å². The van der Waals surface area contributed by atoms with E-state index in [0.717, 1.165) is 38.8 Å². The summed E-state index contributed by atoms with van der Waals surface area (Å²) in [5.41, 5.74) is 0. The van der Waals surface area contributed by atoms with Gasteiger partial charge in [0.15, 0.2) is 0 Å². The van der Waals surface area contributed by atoms with E-state index in [1.807, 2.05) is 4.90 Å². The molecule has 1 atom stereocenters. The van der Waals surface area contributed by atoms with Gasteiger partial charge in [0, 0.05) is 38.7 Å². The van der Waals surface area contributed by atoms with Crippen LogP contribution < -0.4 is 0 Å². The van der Waals surface area contributed by atoms with Gasteiger partial charge in [0.05, 0.1) is 13.0 Å². The lowest BCUT2D eigenvalue weighted by molar-refractivity contribution is -0.137. The number of carbonyl (C=O) groups excluding carboxylic acids is 1. The minimum Gasteiger partial charge on any atom is -0.481 e. The lowest BCUT2D eigenvalue weighted by Crippen LogP contribution is -2.49. The highest BCUT2D eigenvalue weighted by atomic mass is 16.5. The fourth-order valence-electron chi connectivity index (χ4n) is 2.83. The zero-order valence-corrected chi connectivity index (χ0v) is 12.1. The van der Waals surface area contributed by atoms with E-state index in [2.05, 4.69) is 0 Å². The van der Waals surface area contributed by atoms with Crippen molar-refractivity contribution >= 4 is 12.0 Å². The van der Waals surface area contributed by atoms with Crippen molar-refractivity contribution in [3.8, 4) is 0 Å². The van der Waals surface area contributed by atoms with E-state index in [9.17, 15) is 9.59 Å². The largest absolute Gasteiger partial charge is 0.481 e. The summed E-state index contributed by atoms with van der Waals surface area (Å²) in [5, 5.41) is 8.80. The first-order valence-corrected chi connectivity index (χ1v) is 7.38. The molecule has 114 valence electrons. The number of carboxylic acid groups (broad SMARTS) is 1. The molecular weight excluding hydrogens is 260 g/mol. The fourth-order valence-corrected chi connectivity index (χ4v) is 2.83. The molecule has 1 aliphatic heterocycles. The highest BCUT2D eigenvalue weighted by Gasteiger charge is 2.36. The molecule has 2 rings (SSSR count). The van der Waals surface area contributed by atoms with Gasteiger partial charge in [-0.2, -0.15) is 0 Å². The Morgan fingerprint density at radius 1 is 1.35 bits per heavy atom. The molecule has 1 saturated carbocycles. The van der Waals surface area contributed by atoms with Gasteiger partial charge in [-0.05, 0) is 25.7 Å². The number of likely N-dealkylation sites (tertiary alicyclic amines) is 1. The Morgan fingerprint density at radius 3 is 2.70 bits per heavy atom. The van der Waals surface area contributed by atoms with Gasteiger partial charge in [0.1, 0.15) is 0 Å². The molecule has 0 spiro atoms. The Balaban J connectivity index is 1.90. The third-order valence-corrected chi connectivity index (χ3v) is 3.99. The molecule has 0 aromatic rings. The van der Waals surface area contributed by atoms with Crippen molar-refractivity contribution in [2.75, 3.05) is 33.4 Å². The van der Waals surface area contributed by atoms with Crippen molar-refractivity contribution in [3.05, 3.63) is 0 Å². The van der Waals surface area contributed by atoms with Crippen LogP contribution in [0.5, 0.6) is 0 Å². The second-order valence-corrected chi connectivity index (χ2v) is 5.76. The Bertz CT molecular complexity index is 355. The zero-order valence-electron chi connectivity index (χ0n) is 12.1. The van der Waals surface area contributed by atoms with Crippen LogP contribution in [0.3, 0.4) is 0 Å². The van der Waals surface area contributed by atoms with E-state index in [1.165, 1.54) is 0 Å². The number of piperidine rings is 1. The van der Waals surface area contributed by atoms with Crippen molar-refractivity contribution in [1.82, 2.24) is 9.80 Å². The molecule has 1 heterocycles. The summed E-state index contributed by atoms with van der Waals surface area (Å²) in [4.78, 5) is 26.9. The number of carboxylic acids is 1. The van der Waals surface area contributed by atoms with Crippen molar-refractivity contribution in [1.29, 1.82) is 0 Å². The third-order valence-electron chi connectivity index (χ3n) is 3.99. The zero-order chi connectivity index (χ0) is 14.5. The number of carbonyl (C=O) groups is 2. The standard InChI is InChI=1S/C14H24N2O4/c1-20-10-11-3-2-7-15(9-11)14(19)16(12-4-5-12)8-6-13(17)18/h11-12H,2-10H2,1H3,(H,17,18). The fraction of sp³-hybridized carbons (Fsp3) is 0.857. The molecule has 2 fully saturated rings. The van der Waals surface area contributed by atoms with Crippen LogP contribution in [0, 0.1) is 5.92 Å². The van der Waals surface area contributed by atoms with E-state index >= 15 is 0 Å². The van der Waals surface area contributed by atoms with E-state index in [0.29, 0.717) is 19.1 Å². The van der Waals surface area contributed by atoms with Gasteiger partial charge in [0.25, 0.3) is 0 Å². The number of ether oxygens (including phenoxy) is 1. The molecule has 0 aromatic carbocycles. The van der Waals surface area contributed by atoms with Gasteiger partial charge in [-0.15, -0.1) is 0 Å². The Hall–Kier alpha value is -1.30. The molecular formula is C14H24N2O4. The molecule has 6 nitrogen and oxygen atoms in total. The minimum atomic E-state index is -0.848. The van der Waals surface area contributed by atoms with Crippen molar-refractivity contribution in [3.63, 3.8) is 0 Å². The van der Waals surface area contributed by atoms with Crippen molar-refractivity contribution in [2.45, 2.75) is 38.1 Å². The third kappa shape index (κ3) is 4.10. The maximum Gasteiger partial charge on any atom is 0.320 e. The average Bonchev–Trinajstić information content (AvgIpc) is 3.24. The Kier molecular flexibility index (Phi) is 5.23. The first-order valence-electron chi connectivity index (χ1n) is 7.38. The number of rotatable bonds is 6. The highest BCUT2D eigenvalue weighted by Crippen LogP contribution is 2.29. The highest BCUT2D eigenvalue weighted by molar-refractivity contribution is 5.76. The summed E-state index contributed by atoms with van der Waals surface area (Å²) in [6.45, 7) is 2.50. The number of nitrogens with zero attached hydrogens (tertiary/aromatic N) is 2. The number of methoxy groups -OCH3 is 1. The predicted molar refractivity (Wildman–Crippen MR) is 73.5 cm³/mol. The number of urea groups is 1. The van der Waals surface area contributed by atoms with Gasteiger partial charge >= 0.3 is 12.0 Å². The molecule has 6 heteroatoms. The van der Waals surface area contributed by atoms with Gasteiger partial charge < -0.3 is 19.6 Å². The predicted octanol–water partition coefficient (Wildman–Crippen LogP) is 1.40. The summed E-state index contributed by atoms with van der Waals surface area (Å²) >= 11 is 0. The first kappa shape index (κ1) is 15.1. The summed E-state index contributed by atoms with van der Waals surface area (Å²) in [6, 6.07) is 0.263. The number of amides is 2. The number of hydrogen-bond acceptors (Lipinski definition) is 3. The molecule has 0 aromatic heterocycles. The van der Waals surface area contributed by atoms with Crippen molar-refractivity contribution < 1.29 is 19.4 Å². The Labute approximate surface area is 119 Å². The normalized spacial score (nSPS) is 22.6. The van der Waals surface area contributed by atoms with Crippen LogP contribution in [0.15, 0.2) is 0 Å². The lowest BCUT2D eigenvalue weighted by Gasteiger charge is -2.36. The van der Waals surface area contributed by atoms with Crippen LogP contribution in [0.2, 0.25) is 0 Å². The van der Waals surface area contributed by atoms with Crippen LogP contribution in [0.1, 0.15) is 32.1 Å². The second-order valence-electron chi connectivity index (χ2n) is 5.76. The maximum atomic E-state index is 12.6. The smallest absolute Gasteiger partial charge is 0.320 e. The molecule has 1 N–H and O–H groups in total. The molecule has 0 radical (unpaired) electrons. The number of hydrogen-bond donors (Lipinski definition) is 1. The van der Waals surface area contributed by atoms with Gasteiger partial charge in [-0.25, -0.2) is 4.79 Å². The Morgan fingerprint density at radius 2 is 2.10 bits per heavy atom. The summed E-state index contributed by atoms with van der Waals surface area (Å²) in [6.07, 6.45) is 4.12. The first-order chi connectivity index (χ1) is 9.61. The summed E-state index contributed by atoms with van der Waals surface area (Å²) in [5.74, 6) is -0.447. The molecule has 20 heavy (non-hydrogen) atoms. The van der Waals surface area contributed by atoms with Crippen LogP contribution >= 0.6 is 0 Å². The quantitative estimate of drug-likeness (QED) is 0.800.